The quantitative estimate of drug-likeness (QED) is 0.725. The van der Waals surface area contributed by atoms with Crippen molar-refractivity contribution in [3.63, 3.8) is 0 Å². The lowest BCUT2D eigenvalue weighted by atomic mass is 10.0. The number of piperidine rings is 1. The van der Waals surface area contributed by atoms with Crippen LogP contribution in [0.1, 0.15) is 29.6 Å². The molecule has 1 saturated heterocycles. The summed E-state index contributed by atoms with van der Waals surface area (Å²) in [6, 6.07) is 16.7. The lowest BCUT2D eigenvalue weighted by Gasteiger charge is -2.34. The Morgan fingerprint density at radius 1 is 1.06 bits per heavy atom. The minimum Gasteiger partial charge on any atom is -0.391 e. The van der Waals surface area contributed by atoms with Crippen molar-refractivity contribution in [2.45, 2.75) is 31.4 Å². The number of carbonyl (C=O) groups excluding carboxylic acids is 2. The normalized spacial score (nSPS) is 21.0. The SMILES string of the molecule is CONC1=CN(C(=O)c2ccc(-c3ccccc3)cc2)C(C(=O)N2CCCC(O)C2)C1. The van der Waals surface area contributed by atoms with Crippen molar-refractivity contribution in [2.24, 2.45) is 0 Å². The summed E-state index contributed by atoms with van der Waals surface area (Å²) in [5, 5.41) is 9.96. The Morgan fingerprint density at radius 3 is 2.45 bits per heavy atom. The predicted octanol–water partition coefficient (Wildman–Crippen LogP) is 2.54. The van der Waals surface area contributed by atoms with E-state index in [4.69, 9.17) is 4.84 Å². The van der Waals surface area contributed by atoms with E-state index in [1.54, 1.807) is 23.2 Å². The van der Waals surface area contributed by atoms with Gasteiger partial charge >= 0.3 is 0 Å². The number of nitrogens with one attached hydrogen (secondary N) is 1. The van der Waals surface area contributed by atoms with Crippen LogP contribution in [0, 0.1) is 0 Å². The van der Waals surface area contributed by atoms with Crippen molar-refractivity contribution >= 4 is 11.8 Å². The molecule has 1 fully saturated rings. The minimum absolute atomic E-state index is 0.155. The highest BCUT2D eigenvalue weighted by atomic mass is 16.6. The molecule has 4 rings (SSSR count). The molecule has 2 atom stereocenters. The summed E-state index contributed by atoms with van der Waals surface area (Å²) < 4.78 is 0. The highest BCUT2D eigenvalue weighted by molar-refractivity contribution is 5.99. The smallest absolute Gasteiger partial charge is 0.258 e. The van der Waals surface area contributed by atoms with Gasteiger partial charge in [0.25, 0.3) is 5.91 Å². The van der Waals surface area contributed by atoms with E-state index in [2.05, 4.69) is 5.48 Å². The summed E-state index contributed by atoms with van der Waals surface area (Å²) in [6.45, 7) is 0.892. The molecule has 2 aliphatic heterocycles. The van der Waals surface area contributed by atoms with Crippen molar-refractivity contribution in [1.29, 1.82) is 0 Å². The zero-order valence-electron chi connectivity index (χ0n) is 17.5. The van der Waals surface area contributed by atoms with Gasteiger partial charge in [0.05, 0.1) is 18.9 Å². The predicted molar refractivity (Wildman–Crippen MR) is 117 cm³/mol. The first-order chi connectivity index (χ1) is 15.1. The number of aliphatic hydroxyl groups excluding tert-OH is 1. The Hall–Kier alpha value is -3.16. The van der Waals surface area contributed by atoms with Crippen LogP contribution in [-0.2, 0) is 9.63 Å². The van der Waals surface area contributed by atoms with Crippen molar-refractivity contribution in [3.05, 3.63) is 72.1 Å². The van der Waals surface area contributed by atoms with Gasteiger partial charge in [-0.1, -0.05) is 42.5 Å². The van der Waals surface area contributed by atoms with E-state index in [0.29, 0.717) is 37.2 Å². The van der Waals surface area contributed by atoms with E-state index >= 15 is 0 Å². The maximum Gasteiger partial charge on any atom is 0.258 e. The van der Waals surface area contributed by atoms with Crippen molar-refractivity contribution < 1.29 is 19.5 Å². The van der Waals surface area contributed by atoms with E-state index in [1.165, 1.54) is 12.0 Å². The molecule has 2 amide bonds. The Kier molecular flexibility index (Phi) is 6.34. The second kappa shape index (κ2) is 9.32. The van der Waals surface area contributed by atoms with Crippen LogP contribution in [0.4, 0.5) is 0 Å². The number of amides is 2. The summed E-state index contributed by atoms with van der Waals surface area (Å²) in [5.74, 6) is -0.402. The molecule has 2 heterocycles. The number of benzene rings is 2. The van der Waals surface area contributed by atoms with Crippen LogP contribution in [0.3, 0.4) is 0 Å². The fourth-order valence-electron chi connectivity index (χ4n) is 4.17. The molecule has 2 aromatic carbocycles. The van der Waals surface area contributed by atoms with Gasteiger partial charge in [-0.2, -0.15) is 0 Å². The number of hydrogen-bond donors (Lipinski definition) is 2. The Balaban J connectivity index is 1.55. The van der Waals surface area contributed by atoms with Gasteiger partial charge in [-0.25, -0.2) is 0 Å². The molecular weight excluding hydrogens is 394 g/mol. The monoisotopic (exact) mass is 421 g/mol. The average molecular weight is 421 g/mol. The van der Waals surface area contributed by atoms with Crippen molar-refractivity contribution in [2.75, 3.05) is 20.2 Å². The van der Waals surface area contributed by atoms with Crippen LogP contribution < -0.4 is 5.48 Å². The lowest BCUT2D eigenvalue weighted by Crippen LogP contribution is -2.51. The van der Waals surface area contributed by atoms with Crippen LogP contribution in [0.2, 0.25) is 0 Å². The summed E-state index contributed by atoms with van der Waals surface area (Å²) >= 11 is 0. The zero-order chi connectivity index (χ0) is 21.8. The molecular formula is C24H27N3O4. The van der Waals surface area contributed by atoms with Gasteiger partial charge < -0.3 is 14.9 Å². The van der Waals surface area contributed by atoms with Gasteiger partial charge in [0, 0.05) is 31.3 Å². The maximum atomic E-state index is 13.3. The van der Waals surface area contributed by atoms with Crippen molar-refractivity contribution in [1.82, 2.24) is 15.3 Å². The van der Waals surface area contributed by atoms with E-state index in [9.17, 15) is 14.7 Å². The Bertz CT molecular complexity index is 959. The Labute approximate surface area is 181 Å². The topological polar surface area (TPSA) is 82.1 Å². The fraction of sp³-hybridized carbons (Fsp3) is 0.333. The van der Waals surface area contributed by atoms with Crippen LogP contribution in [0.25, 0.3) is 11.1 Å². The molecule has 7 nitrogen and oxygen atoms in total. The van der Waals surface area contributed by atoms with Gasteiger partial charge in [-0.3, -0.25) is 19.9 Å². The molecule has 2 aliphatic rings. The number of likely N-dealkylation sites (tertiary alicyclic amines) is 1. The number of aliphatic hydroxyl groups is 1. The maximum absolute atomic E-state index is 13.3. The lowest BCUT2D eigenvalue weighted by molar-refractivity contribution is -0.138. The molecule has 31 heavy (non-hydrogen) atoms. The van der Waals surface area contributed by atoms with Crippen LogP contribution in [-0.4, -0.2) is 59.1 Å². The second-order valence-electron chi connectivity index (χ2n) is 7.92. The molecule has 0 radical (unpaired) electrons. The van der Waals surface area contributed by atoms with Crippen LogP contribution in [0.15, 0.2) is 66.5 Å². The average Bonchev–Trinajstić information content (AvgIpc) is 3.23. The summed E-state index contributed by atoms with van der Waals surface area (Å²) in [5.41, 5.74) is 6.01. The molecule has 2 unspecified atom stereocenters. The molecule has 162 valence electrons. The number of rotatable bonds is 5. The standard InChI is InChI=1S/C24H27N3O4/c1-31-25-20-14-22(24(30)26-13-5-8-21(28)16-26)27(15-20)23(29)19-11-9-18(10-12-19)17-6-3-2-4-7-17/h2-4,6-7,9-12,15,21-22,25,28H,5,8,13-14,16H2,1H3. The zero-order valence-corrected chi connectivity index (χ0v) is 17.5. The second-order valence-corrected chi connectivity index (χ2v) is 7.92. The molecule has 0 saturated carbocycles. The van der Waals surface area contributed by atoms with E-state index < -0.39 is 12.1 Å². The van der Waals surface area contributed by atoms with E-state index in [1.807, 2.05) is 42.5 Å². The van der Waals surface area contributed by atoms with Gasteiger partial charge in [0.15, 0.2) is 0 Å². The third-order valence-corrected chi connectivity index (χ3v) is 5.74. The molecule has 0 bridgehead atoms. The fourth-order valence-corrected chi connectivity index (χ4v) is 4.17. The highest BCUT2D eigenvalue weighted by Gasteiger charge is 2.38. The van der Waals surface area contributed by atoms with Crippen LogP contribution >= 0.6 is 0 Å². The number of β-amino-alcohol motifs (C(OH)–C–C–N with tert-alkyl or cyclic N) is 1. The summed E-state index contributed by atoms with van der Waals surface area (Å²) in [7, 11) is 1.49. The molecule has 2 N–H and O–H groups in total. The Morgan fingerprint density at radius 2 is 1.77 bits per heavy atom. The molecule has 7 heteroatoms. The van der Waals surface area contributed by atoms with Gasteiger partial charge in [0.2, 0.25) is 5.91 Å². The third kappa shape index (κ3) is 4.62. The highest BCUT2D eigenvalue weighted by Crippen LogP contribution is 2.27. The van der Waals surface area contributed by atoms with Crippen LogP contribution in [0.5, 0.6) is 0 Å². The molecule has 0 aliphatic carbocycles. The number of hydrogen-bond acceptors (Lipinski definition) is 5. The first kappa shape index (κ1) is 21.1. The largest absolute Gasteiger partial charge is 0.391 e. The summed E-state index contributed by atoms with van der Waals surface area (Å²) in [6.07, 6.45) is 2.91. The minimum atomic E-state index is -0.663. The molecule has 0 spiro atoms. The first-order valence-corrected chi connectivity index (χ1v) is 10.5. The van der Waals surface area contributed by atoms with Crippen molar-refractivity contribution in [3.8, 4) is 11.1 Å². The van der Waals surface area contributed by atoms with Gasteiger partial charge in [-0.15, -0.1) is 0 Å². The third-order valence-electron chi connectivity index (χ3n) is 5.74. The molecule has 0 aromatic heterocycles. The number of nitrogens with zero attached hydrogens (tertiary/aromatic N) is 2. The van der Waals surface area contributed by atoms with E-state index in [-0.39, 0.29) is 11.8 Å². The van der Waals surface area contributed by atoms with Gasteiger partial charge in [0.1, 0.15) is 6.04 Å². The number of hydroxylamine groups is 1. The first-order valence-electron chi connectivity index (χ1n) is 10.5. The van der Waals surface area contributed by atoms with E-state index in [0.717, 1.165) is 17.5 Å². The molecule has 2 aromatic rings. The summed E-state index contributed by atoms with van der Waals surface area (Å²) in [4.78, 5) is 34.6. The number of carbonyl (C=O) groups is 2. The van der Waals surface area contributed by atoms with Gasteiger partial charge in [-0.05, 0) is 36.1 Å².